The number of ether oxygens (including phenoxy) is 2. The molecule has 0 radical (unpaired) electrons. The second kappa shape index (κ2) is 13.2. The topological polar surface area (TPSA) is 52.6 Å². The zero-order valence-electron chi connectivity index (χ0n) is 15.4. The first-order valence-corrected chi connectivity index (χ1v) is 9.07. The van der Waals surface area contributed by atoms with Gasteiger partial charge in [0.1, 0.15) is 6.10 Å². The van der Waals surface area contributed by atoms with Gasteiger partial charge in [-0.05, 0) is 24.8 Å². The molecular weight excluding hydrogens is 316 g/mol. The van der Waals surface area contributed by atoms with Crippen molar-refractivity contribution in [1.82, 2.24) is 0 Å². The molecule has 0 aliphatic carbocycles. The normalized spacial score (nSPS) is 12.1. The van der Waals surface area contributed by atoms with Gasteiger partial charge in [0.15, 0.2) is 0 Å². The van der Waals surface area contributed by atoms with Gasteiger partial charge < -0.3 is 9.47 Å². The Bertz CT molecular complexity index is 522. The van der Waals surface area contributed by atoms with Gasteiger partial charge in [0, 0.05) is 19.8 Å². The minimum atomic E-state index is -0.255. The molecule has 138 valence electrons. The first-order chi connectivity index (χ1) is 12.1. The highest BCUT2D eigenvalue weighted by molar-refractivity contribution is 5.69. The van der Waals surface area contributed by atoms with Gasteiger partial charge >= 0.3 is 11.9 Å². The molecule has 0 saturated heterocycles. The minimum absolute atomic E-state index is 0.122. The van der Waals surface area contributed by atoms with E-state index >= 15 is 0 Å². The summed E-state index contributed by atoms with van der Waals surface area (Å²) in [4.78, 5) is 22.3. The summed E-state index contributed by atoms with van der Waals surface area (Å²) in [7, 11) is 1.43. The van der Waals surface area contributed by atoms with Crippen molar-refractivity contribution in [1.29, 1.82) is 0 Å². The summed E-state index contributed by atoms with van der Waals surface area (Å²) >= 11 is 0. The number of esters is 2. The number of rotatable bonds is 12. The Hall–Kier alpha value is -2.10. The van der Waals surface area contributed by atoms with Crippen LogP contribution in [0, 0.1) is 0 Å². The second-order valence-corrected chi connectivity index (χ2v) is 6.10. The first-order valence-electron chi connectivity index (χ1n) is 9.07. The summed E-state index contributed by atoms with van der Waals surface area (Å²) in [5.41, 5.74) is 1.02. The van der Waals surface area contributed by atoms with E-state index in [1.165, 1.54) is 14.0 Å². The molecule has 0 bridgehead atoms. The van der Waals surface area contributed by atoms with Crippen molar-refractivity contribution in [3.05, 3.63) is 48.0 Å². The molecular formula is C21H30O4. The lowest BCUT2D eigenvalue weighted by Gasteiger charge is -2.15. The number of hydrogen-bond donors (Lipinski definition) is 0. The Morgan fingerprint density at radius 2 is 1.68 bits per heavy atom. The van der Waals surface area contributed by atoms with E-state index in [9.17, 15) is 9.59 Å². The predicted octanol–water partition coefficient (Wildman–Crippen LogP) is 5.14. The predicted molar refractivity (Wildman–Crippen MR) is 99.0 cm³/mol. The van der Waals surface area contributed by atoms with Crippen LogP contribution < -0.4 is 0 Å². The Morgan fingerprint density at radius 3 is 2.36 bits per heavy atom. The van der Waals surface area contributed by atoms with Gasteiger partial charge in [-0.15, -0.1) is 0 Å². The fraction of sp³-hybridized carbons (Fsp3) is 0.524. The number of carbonyl (C=O) groups excluding carboxylic acids is 2. The molecule has 25 heavy (non-hydrogen) atoms. The monoisotopic (exact) mass is 346 g/mol. The zero-order valence-corrected chi connectivity index (χ0v) is 15.4. The second-order valence-electron chi connectivity index (χ2n) is 6.10. The lowest BCUT2D eigenvalue weighted by atomic mass is 10.1. The Kier molecular flexibility index (Phi) is 11.1. The van der Waals surface area contributed by atoms with E-state index in [1.807, 2.05) is 30.3 Å². The van der Waals surface area contributed by atoms with Crippen molar-refractivity contribution >= 4 is 11.9 Å². The number of benzene rings is 1. The van der Waals surface area contributed by atoms with Crippen molar-refractivity contribution < 1.29 is 19.1 Å². The zero-order chi connectivity index (χ0) is 18.3. The summed E-state index contributed by atoms with van der Waals surface area (Å²) in [5, 5.41) is 0. The van der Waals surface area contributed by atoms with Crippen LogP contribution in [0.3, 0.4) is 0 Å². The molecule has 0 aliphatic heterocycles. The third-order valence-corrected chi connectivity index (χ3v) is 3.98. The van der Waals surface area contributed by atoms with Crippen LogP contribution in [-0.2, 0) is 19.1 Å². The standard InChI is InChI=1S/C21H30O4/c1-18(22)25-20(19-14-10-9-11-15-19)16-12-7-5-3-4-6-8-13-17-21(23)24-2/h7,9-12,14-15,20H,3-6,8,13,16-17H2,1-2H3/b12-7+. The summed E-state index contributed by atoms with van der Waals surface area (Å²) in [6, 6.07) is 9.83. The van der Waals surface area contributed by atoms with Crippen LogP contribution in [-0.4, -0.2) is 19.0 Å². The van der Waals surface area contributed by atoms with Crippen LogP contribution in [0.2, 0.25) is 0 Å². The van der Waals surface area contributed by atoms with Gasteiger partial charge in [-0.1, -0.05) is 61.7 Å². The molecule has 0 N–H and O–H groups in total. The molecule has 0 fully saturated rings. The van der Waals surface area contributed by atoms with E-state index in [-0.39, 0.29) is 18.0 Å². The van der Waals surface area contributed by atoms with Crippen LogP contribution >= 0.6 is 0 Å². The molecule has 1 atom stereocenters. The lowest BCUT2D eigenvalue weighted by molar-refractivity contribution is -0.146. The van der Waals surface area contributed by atoms with E-state index < -0.39 is 0 Å². The number of carbonyl (C=O) groups is 2. The fourth-order valence-corrected chi connectivity index (χ4v) is 2.62. The van der Waals surface area contributed by atoms with Crippen molar-refractivity contribution in [2.24, 2.45) is 0 Å². The maximum atomic E-state index is 11.3. The van der Waals surface area contributed by atoms with E-state index in [1.54, 1.807) is 0 Å². The molecule has 0 saturated carbocycles. The summed E-state index contributed by atoms with van der Waals surface area (Å²) < 4.78 is 10.0. The summed E-state index contributed by atoms with van der Waals surface area (Å²) in [5.74, 6) is -0.377. The van der Waals surface area contributed by atoms with Gasteiger partial charge in [0.2, 0.25) is 0 Å². The van der Waals surface area contributed by atoms with Gasteiger partial charge in [-0.25, -0.2) is 0 Å². The van der Waals surface area contributed by atoms with Crippen LogP contribution in [0.25, 0.3) is 0 Å². The van der Waals surface area contributed by atoms with Crippen molar-refractivity contribution in [2.75, 3.05) is 7.11 Å². The first kappa shape index (κ1) is 20.9. The van der Waals surface area contributed by atoms with Gasteiger partial charge in [0.25, 0.3) is 0 Å². The quantitative estimate of drug-likeness (QED) is 0.299. The molecule has 0 spiro atoms. The summed E-state index contributed by atoms with van der Waals surface area (Å²) in [6.07, 6.45) is 11.7. The van der Waals surface area contributed by atoms with E-state index in [0.717, 1.165) is 44.1 Å². The van der Waals surface area contributed by atoms with E-state index in [2.05, 4.69) is 16.9 Å². The minimum Gasteiger partial charge on any atom is -0.469 e. The number of hydrogen-bond acceptors (Lipinski definition) is 4. The largest absolute Gasteiger partial charge is 0.469 e. The van der Waals surface area contributed by atoms with Crippen molar-refractivity contribution in [3.8, 4) is 0 Å². The molecule has 1 unspecified atom stereocenters. The fourth-order valence-electron chi connectivity index (χ4n) is 2.62. The van der Waals surface area contributed by atoms with Crippen LogP contribution in [0.1, 0.15) is 70.0 Å². The molecule has 1 aromatic carbocycles. The number of allylic oxidation sites excluding steroid dienone is 1. The van der Waals surface area contributed by atoms with E-state index in [4.69, 9.17) is 4.74 Å². The molecule has 1 aromatic rings. The smallest absolute Gasteiger partial charge is 0.305 e. The molecule has 0 amide bonds. The summed E-state index contributed by atoms with van der Waals surface area (Å²) in [6.45, 7) is 1.44. The van der Waals surface area contributed by atoms with Crippen LogP contribution in [0.5, 0.6) is 0 Å². The van der Waals surface area contributed by atoms with E-state index in [0.29, 0.717) is 12.8 Å². The average molecular weight is 346 g/mol. The maximum Gasteiger partial charge on any atom is 0.305 e. The van der Waals surface area contributed by atoms with Gasteiger partial charge in [-0.3, -0.25) is 9.59 Å². The highest BCUT2D eigenvalue weighted by Crippen LogP contribution is 2.22. The van der Waals surface area contributed by atoms with Crippen LogP contribution in [0.15, 0.2) is 42.5 Å². The highest BCUT2D eigenvalue weighted by Gasteiger charge is 2.12. The average Bonchev–Trinajstić information content (AvgIpc) is 2.62. The van der Waals surface area contributed by atoms with Crippen molar-refractivity contribution in [3.63, 3.8) is 0 Å². The number of unbranched alkanes of at least 4 members (excludes halogenated alkanes) is 5. The maximum absolute atomic E-state index is 11.3. The molecule has 4 nitrogen and oxygen atoms in total. The Balaban J connectivity index is 2.18. The molecule has 4 heteroatoms. The third-order valence-electron chi connectivity index (χ3n) is 3.98. The third kappa shape index (κ3) is 10.4. The number of methoxy groups -OCH3 is 1. The Labute approximate surface area is 151 Å². The lowest BCUT2D eigenvalue weighted by Crippen LogP contribution is -2.07. The van der Waals surface area contributed by atoms with Crippen LogP contribution in [0.4, 0.5) is 0 Å². The highest BCUT2D eigenvalue weighted by atomic mass is 16.5. The molecule has 0 heterocycles. The molecule has 0 aromatic heterocycles. The SMILES string of the molecule is COC(=O)CCCCCCC/C=C/CC(OC(C)=O)c1ccccc1. The van der Waals surface area contributed by atoms with Gasteiger partial charge in [-0.2, -0.15) is 0 Å². The van der Waals surface area contributed by atoms with Gasteiger partial charge in [0.05, 0.1) is 7.11 Å². The molecule has 0 aliphatic rings. The molecule has 1 rings (SSSR count). The Morgan fingerprint density at radius 1 is 1.00 bits per heavy atom. The van der Waals surface area contributed by atoms with Crippen molar-refractivity contribution in [2.45, 2.75) is 64.4 Å².